The van der Waals surface area contributed by atoms with E-state index in [-0.39, 0.29) is 5.78 Å². The molecule has 19 heavy (non-hydrogen) atoms. The predicted molar refractivity (Wildman–Crippen MR) is 82.9 cm³/mol. The van der Waals surface area contributed by atoms with Crippen molar-refractivity contribution in [3.05, 3.63) is 49.0 Å². The van der Waals surface area contributed by atoms with Crippen molar-refractivity contribution in [3.63, 3.8) is 0 Å². The molecule has 2 rings (SSSR count). The first-order chi connectivity index (χ1) is 8.97. The molecule has 0 aliphatic heterocycles. The van der Waals surface area contributed by atoms with Crippen molar-refractivity contribution >= 4 is 56.3 Å². The quantitative estimate of drug-likeness (QED) is 0.658. The maximum atomic E-state index is 12.1. The Labute approximate surface area is 133 Å². The van der Waals surface area contributed by atoms with Crippen molar-refractivity contribution in [2.75, 3.05) is 0 Å². The van der Waals surface area contributed by atoms with Crippen LogP contribution in [0.5, 0.6) is 5.75 Å². The molecular formula is C13H9BrCl2O2S. The zero-order valence-corrected chi connectivity index (χ0v) is 13.7. The van der Waals surface area contributed by atoms with Gasteiger partial charge in [-0.1, -0.05) is 23.2 Å². The van der Waals surface area contributed by atoms with Crippen LogP contribution in [0.25, 0.3) is 0 Å². The minimum atomic E-state index is -0.591. The van der Waals surface area contributed by atoms with Crippen molar-refractivity contribution in [1.82, 2.24) is 0 Å². The Kier molecular flexibility index (Phi) is 4.90. The van der Waals surface area contributed by atoms with Gasteiger partial charge in [-0.3, -0.25) is 4.79 Å². The minimum absolute atomic E-state index is 0.0984. The van der Waals surface area contributed by atoms with Crippen molar-refractivity contribution < 1.29 is 9.53 Å². The molecule has 6 heteroatoms. The molecule has 0 fully saturated rings. The number of benzene rings is 1. The SMILES string of the molecule is CC(Oc1ccc(Cl)cc1Br)C(=O)c1ccc(Cl)s1. The van der Waals surface area contributed by atoms with Crippen LogP contribution in [-0.2, 0) is 0 Å². The van der Waals surface area contributed by atoms with Crippen molar-refractivity contribution in [2.24, 2.45) is 0 Å². The molecule has 0 spiro atoms. The van der Waals surface area contributed by atoms with E-state index in [0.29, 0.717) is 24.5 Å². The van der Waals surface area contributed by atoms with Gasteiger partial charge < -0.3 is 4.74 Å². The smallest absolute Gasteiger partial charge is 0.212 e. The summed E-state index contributed by atoms with van der Waals surface area (Å²) in [6, 6.07) is 8.55. The lowest BCUT2D eigenvalue weighted by Crippen LogP contribution is -2.23. The third-order valence-electron chi connectivity index (χ3n) is 2.38. The van der Waals surface area contributed by atoms with Crippen molar-refractivity contribution in [3.8, 4) is 5.75 Å². The van der Waals surface area contributed by atoms with Gasteiger partial charge in [0.25, 0.3) is 0 Å². The zero-order chi connectivity index (χ0) is 14.0. The normalized spacial score (nSPS) is 12.2. The Hall–Kier alpha value is -0.550. The van der Waals surface area contributed by atoms with Crippen LogP contribution in [0.1, 0.15) is 16.6 Å². The first-order valence-corrected chi connectivity index (χ1v) is 7.75. The number of ether oxygens (including phenoxy) is 1. The average molecular weight is 380 g/mol. The summed E-state index contributed by atoms with van der Waals surface area (Å²) in [5.41, 5.74) is 0. The Morgan fingerprint density at radius 2 is 2.05 bits per heavy atom. The number of carbonyl (C=O) groups excluding carboxylic acids is 1. The van der Waals surface area contributed by atoms with Crippen LogP contribution >= 0.6 is 50.5 Å². The number of halogens is 3. The molecule has 0 saturated carbocycles. The zero-order valence-electron chi connectivity index (χ0n) is 9.82. The van der Waals surface area contributed by atoms with Gasteiger partial charge in [0.05, 0.1) is 13.7 Å². The number of Topliss-reactive ketones (excluding diaryl/α,β-unsaturated/α-hetero) is 1. The van der Waals surface area contributed by atoms with E-state index >= 15 is 0 Å². The summed E-state index contributed by atoms with van der Waals surface area (Å²) in [6.07, 6.45) is -0.591. The number of ketones is 1. The van der Waals surface area contributed by atoms with Gasteiger partial charge in [-0.05, 0) is 53.2 Å². The summed E-state index contributed by atoms with van der Waals surface area (Å²) in [6.45, 7) is 1.71. The van der Waals surface area contributed by atoms with Crippen LogP contribution in [-0.4, -0.2) is 11.9 Å². The van der Waals surface area contributed by atoms with Crippen molar-refractivity contribution in [1.29, 1.82) is 0 Å². The van der Waals surface area contributed by atoms with E-state index in [1.54, 1.807) is 37.3 Å². The number of hydrogen-bond acceptors (Lipinski definition) is 3. The molecule has 1 heterocycles. The van der Waals surface area contributed by atoms with Gasteiger partial charge in [-0.25, -0.2) is 0 Å². The fraction of sp³-hybridized carbons (Fsp3) is 0.154. The van der Waals surface area contributed by atoms with E-state index in [4.69, 9.17) is 27.9 Å². The summed E-state index contributed by atoms with van der Waals surface area (Å²) in [5, 5.41) is 0.600. The highest BCUT2D eigenvalue weighted by Gasteiger charge is 2.19. The molecule has 0 aliphatic rings. The van der Waals surface area contributed by atoms with Gasteiger partial charge in [0.1, 0.15) is 5.75 Å². The predicted octanol–water partition coefficient (Wildman–Crippen LogP) is 5.47. The van der Waals surface area contributed by atoms with Crippen LogP contribution < -0.4 is 4.74 Å². The van der Waals surface area contributed by atoms with Gasteiger partial charge in [0.2, 0.25) is 5.78 Å². The molecule has 0 aliphatic carbocycles. The van der Waals surface area contributed by atoms with E-state index < -0.39 is 6.10 Å². The third kappa shape index (κ3) is 3.72. The molecule has 0 N–H and O–H groups in total. The Bertz CT molecular complexity index is 612. The summed E-state index contributed by atoms with van der Waals surface area (Å²) < 4.78 is 6.93. The van der Waals surface area contributed by atoms with Gasteiger partial charge >= 0.3 is 0 Å². The van der Waals surface area contributed by atoms with Gasteiger partial charge in [-0.15, -0.1) is 11.3 Å². The highest BCUT2D eigenvalue weighted by molar-refractivity contribution is 9.10. The van der Waals surface area contributed by atoms with Crippen LogP contribution in [0, 0.1) is 0 Å². The van der Waals surface area contributed by atoms with Crippen LogP contribution in [0.4, 0.5) is 0 Å². The molecule has 1 unspecified atom stereocenters. The lowest BCUT2D eigenvalue weighted by molar-refractivity contribution is 0.0821. The topological polar surface area (TPSA) is 26.3 Å². The molecule has 1 atom stereocenters. The highest BCUT2D eigenvalue weighted by atomic mass is 79.9. The number of rotatable bonds is 4. The van der Waals surface area contributed by atoms with Gasteiger partial charge in [-0.2, -0.15) is 0 Å². The molecule has 100 valence electrons. The fourth-order valence-corrected chi connectivity index (χ4v) is 3.30. The molecule has 0 radical (unpaired) electrons. The van der Waals surface area contributed by atoms with Crippen LogP contribution in [0.15, 0.2) is 34.8 Å². The van der Waals surface area contributed by atoms with E-state index in [1.165, 1.54) is 11.3 Å². The van der Waals surface area contributed by atoms with E-state index in [0.717, 1.165) is 0 Å². The van der Waals surface area contributed by atoms with E-state index in [2.05, 4.69) is 15.9 Å². The molecule has 1 aromatic heterocycles. The summed E-state index contributed by atoms with van der Waals surface area (Å²) >= 11 is 16.3. The minimum Gasteiger partial charge on any atom is -0.481 e. The Morgan fingerprint density at radius 1 is 1.32 bits per heavy atom. The molecule has 0 bridgehead atoms. The summed E-state index contributed by atoms with van der Waals surface area (Å²) in [4.78, 5) is 12.7. The number of hydrogen-bond donors (Lipinski definition) is 0. The second-order valence-corrected chi connectivity index (χ2v) is 6.81. The van der Waals surface area contributed by atoms with E-state index in [9.17, 15) is 4.79 Å². The summed E-state index contributed by atoms with van der Waals surface area (Å²) in [5.74, 6) is 0.478. The second-order valence-electron chi connectivity index (χ2n) is 3.80. The monoisotopic (exact) mass is 378 g/mol. The van der Waals surface area contributed by atoms with E-state index in [1.807, 2.05) is 0 Å². The standard InChI is InChI=1S/C13H9BrCl2O2S/c1-7(13(17)11-4-5-12(16)19-11)18-10-3-2-8(15)6-9(10)14/h2-7H,1H3. The average Bonchev–Trinajstić information content (AvgIpc) is 2.78. The molecule has 2 aromatic rings. The second kappa shape index (κ2) is 6.27. The third-order valence-corrected chi connectivity index (χ3v) is 4.48. The fourth-order valence-electron chi connectivity index (χ4n) is 1.46. The maximum absolute atomic E-state index is 12.1. The lowest BCUT2D eigenvalue weighted by atomic mass is 10.2. The summed E-state index contributed by atoms with van der Waals surface area (Å²) in [7, 11) is 0. The molecule has 0 saturated heterocycles. The van der Waals surface area contributed by atoms with Gasteiger partial charge in [0, 0.05) is 5.02 Å². The molecule has 1 aromatic carbocycles. The number of thiophene rings is 1. The maximum Gasteiger partial charge on any atom is 0.212 e. The first-order valence-electron chi connectivity index (χ1n) is 5.38. The molecular weight excluding hydrogens is 371 g/mol. The largest absolute Gasteiger partial charge is 0.481 e. The lowest BCUT2D eigenvalue weighted by Gasteiger charge is -2.14. The number of carbonyl (C=O) groups is 1. The first kappa shape index (κ1) is 14.9. The Morgan fingerprint density at radius 3 is 2.63 bits per heavy atom. The van der Waals surface area contributed by atoms with Crippen LogP contribution in [0.2, 0.25) is 9.36 Å². The molecule has 0 amide bonds. The van der Waals surface area contributed by atoms with Crippen molar-refractivity contribution in [2.45, 2.75) is 13.0 Å². The Balaban J connectivity index is 2.12. The van der Waals surface area contributed by atoms with Gasteiger partial charge in [0.15, 0.2) is 6.10 Å². The molecule has 2 nitrogen and oxygen atoms in total. The van der Waals surface area contributed by atoms with Crippen LogP contribution in [0.3, 0.4) is 0 Å². The highest BCUT2D eigenvalue weighted by Crippen LogP contribution is 2.30.